The van der Waals surface area contributed by atoms with E-state index in [1.54, 1.807) is 18.2 Å². The van der Waals surface area contributed by atoms with Crippen LogP contribution in [-0.2, 0) is 4.79 Å². The molecule has 3 rings (SSSR count). The van der Waals surface area contributed by atoms with E-state index in [2.05, 4.69) is 15.4 Å². The molecular formula is C20H20Cl2N4O4. The van der Waals surface area contributed by atoms with Crippen molar-refractivity contribution in [3.8, 4) is 5.75 Å². The summed E-state index contributed by atoms with van der Waals surface area (Å²) in [4.78, 5) is 24.9. The summed E-state index contributed by atoms with van der Waals surface area (Å²) >= 11 is 11.8. The highest BCUT2D eigenvalue weighted by Gasteiger charge is 2.17. The Bertz CT molecular complexity index is 962. The van der Waals surface area contributed by atoms with Gasteiger partial charge in [-0.25, -0.2) is 5.43 Å². The number of nitrogens with zero attached hydrogens (tertiary/aromatic N) is 3. The van der Waals surface area contributed by atoms with E-state index in [9.17, 15) is 14.9 Å². The SMILES string of the molecule is O=C(COc1ccc(Cl)cc1Cl)NN=Cc1cc([N+](=O)[O-])ccc1N1CCCCC1. The number of nitrogens with one attached hydrogen (secondary N) is 1. The molecule has 0 spiro atoms. The second-order valence-electron chi connectivity index (χ2n) is 6.70. The highest BCUT2D eigenvalue weighted by molar-refractivity contribution is 6.35. The molecule has 0 aliphatic carbocycles. The van der Waals surface area contributed by atoms with Crippen molar-refractivity contribution < 1.29 is 14.5 Å². The molecule has 1 aliphatic rings. The maximum absolute atomic E-state index is 12.0. The molecular weight excluding hydrogens is 431 g/mol. The van der Waals surface area contributed by atoms with Crippen LogP contribution in [0.2, 0.25) is 10.0 Å². The van der Waals surface area contributed by atoms with Crippen molar-refractivity contribution in [2.24, 2.45) is 5.10 Å². The summed E-state index contributed by atoms with van der Waals surface area (Å²) in [5.41, 5.74) is 3.73. The third-order valence-electron chi connectivity index (χ3n) is 4.56. The minimum absolute atomic E-state index is 0.0377. The number of anilines is 1. The molecule has 0 atom stereocenters. The lowest BCUT2D eigenvalue weighted by atomic mass is 10.1. The van der Waals surface area contributed by atoms with Crippen LogP contribution in [0.3, 0.4) is 0 Å². The molecule has 1 heterocycles. The normalized spacial score (nSPS) is 14.0. The Kier molecular flexibility index (Phi) is 7.48. The molecule has 2 aromatic rings. The number of non-ortho nitro benzene ring substituents is 1. The van der Waals surface area contributed by atoms with E-state index in [4.69, 9.17) is 27.9 Å². The van der Waals surface area contributed by atoms with Crippen LogP contribution in [0.15, 0.2) is 41.5 Å². The summed E-state index contributed by atoms with van der Waals surface area (Å²) in [6.07, 6.45) is 4.70. The maximum Gasteiger partial charge on any atom is 0.277 e. The maximum atomic E-state index is 12.0. The van der Waals surface area contributed by atoms with E-state index in [0.717, 1.165) is 31.6 Å². The molecule has 10 heteroatoms. The number of carbonyl (C=O) groups is 1. The Morgan fingerprint density at radius 3 is 2.67 bits per heavy atom. The van der Waals surface area contributed by atoms with Crippen LogP contribution in [0.4, 0.5) is 11.4 Å². The van der Waals surface area contributed by atoms with Crippen molar-refractivity contribution in [1.29, 1.82) is 0 Å². The van der Waals surface area contributed by atoms with Crippen molar-refractivity contribution in [1.82, 2.24) is 5.43 Å². The lowest BCUT2D eigenvalue weighted by molar-refractivity contribution is -0.384. The number of benzene rings is 2. The fourth-order valence-corrected chi connectivity index (χ4v) is 3.59. The fourth-order valence-electron chi connectivity index (χ4n) is 3.12. The second-order valence-corrected chi connectivity index (χ2v) is 7.55. The van der Waals surface area contributed by atoms with Gasteiger partial charge in [-0.15, -0.1) is 0 Å². The molecule has 0 unspecified atom stereocenters. The number of amides is 1. The van der Waals surface area contributed by atoms with Crippen LogP contribution < -0.4 is 15.1 Å². The first-order valence-corrected chi connectivity index (χ1v) is 10.1. The topological polar surface area (TPSA) is 97.1 Å². The predicted octanol–water partition coefficient (Wildman–Crippen LogP) is 4.42. The number of hydrogen-bond donors (Lipinski definition) is 1. The molecule has 30 heavy (non-hydrogen) atoms. The third-order valence-corrected chi connectivity index (χ3v) is 5.09. The minimum atomic E-state index is -0.498. The van der Waals surface area contributed by atoms with Crippen molar-refractivity contribution in [3.05, 3.63) is 62.1 Å². The zero-order valence-electron chi connectivity index (χ0n) is 16.0. The first-order chi connectivity index (χ1) is 14.4. The second kappa shape index (κ2) is 10.3. The van der Waals surface area contributed by atoms with Crippen LogP contribution in [0.1, 0.15) is 24.8 Å². The van der Waals surface area contributed by atoms with E-state index in [0.29, 0.717) is 21.4 Å². The largest absolute Gasteiger partial charge is 0.482 e. The van der Waals surface area contributed by atoms with E-state index < -0.39 is 10.8 Å². The Morgan fingerprint density at radius 1 is 1.20 bits per heavy atom. The van der Waals surface area contributed by atoms with E-state index in [1.807, 2.05) is 0 Å². The Hall–Kier alpha value is -2.84. The van der Waals surface area contributed by atoms with Gasteiger partial charge in [0.15, 0.2) is 6.61 Å². The minimum Gasteiger partial charge on any atom is -0.482 e. The number of halogens is 2. The number of hydrogen-bond acceptors (Lipinski definition) is 6. The van der Waals surface area contributed by atoms with Crippen LogP contribution in [0, 0.1) is 10.1 Å². The zero-order chi connectivity index (χ0) is 21.5. The van der Waals surface area contributed by atoms with Gasteiger partial charge in [-0.1, -0.05) is 23.2 Å². The Balaban J connectivity index is 1.65. The van der Waals surface area contributed by atoms with E-state index in [-0.39, 0.29) is 12.3 Å². The highest BCUT2D eigenvalue weighted by Crippen LogP contribution is 2.28. The van der Waals surface area contributed by atoms with Gasteiger partial charge in [-0.3, -0.25) is 14.9 Å². The molecule has 1 N–H and O–H groups in total. The highest BCUT2D eigenvalue weighted by atomic mass is 35.5. The van der Waals surface area contributed by atoms with Gasteiger partial charge in [0, 0.05) is 41.5 Å². The number of nitro groups is 1. The van der Waals surface area contributed by atoms with Crippen LogP contribution >= 0.6 is 23.2 Å². The van der Waals surface area contributed by atoms with Crippen molar-refractivity contribution in [3.63, 3.8) is 0 Å². The lowest BCUT2D eigenvalue weighted by Gasteiger charge is -2.29. The summed E-state index contributed by atoms with van der Waals surface area (Å²) in [5.74, 6) is -0.173. The van der Waals surface area contributed by atoms with Crippen molar-refractivity contribution in [2.45, 2.75) is 19.3 Å². The van der Waals surface area contributed by atoms with Crippen LogP contribution in [0.25, 0.3) is 0 Å². The van der Waals surface area contributed by atoms with Crippen LogP contribution in [-0.4, -0.2) is 36.7 Å². The molecule has 1 amide bonds. The summed E-state index contributed by atoms with van der Waals surface area (Å²) in [7, 11) is 0. The summed E-state index contributed by atoms with van der Waals surface area (Å²) in [5, 5.41) is 15.8. The predicted molar refractivity (Wildman–Crippen MR) is 117 cm³/mol. The number of ether oxygens (including phenoxy) is 1. The molecule has 2 aromatic carbocycles. The standard InChI is InChI=1S/C20H20Cl2N4O4/c21-15-4-7-19(17(22)11-15)30-13-20(27)24-23-12-14-10-16(26(28)29)5-6-18(14)25-8-2-1-3-9-25/h4-7,10-12H,1-3,8-9,13H2,(H,24,27). The molecule has 1 fully saturated rings. The van der Waals surface area contributed by atoms with Crippen molar-refractivity contribution in [2.75, 3.05) is 24.6 Å². The summed E-state index contributed by atoms with van der Waals surface area (Å²) in [6, 6.07) is 9.32. The molecule has 0 aromatic heterocycles. The molecule has 0 saturated carbocycles. The average molecular weight is 451 g/mol. The van der Waals surface area contributed by atoms with Crippen LogP contribution in [0.5, 0.6) is 5.75 Å². The zero-order valence-corrected chi connectivity index (χ0v) is 17.5. The van der Waals surface area contributed by atoms with E-state index in [1.165, 1.54) is 30.8 Å². The quantitative estimate of drug-likeness (QED) is 0.382. The molecule has 158 valence electrons. The molecule has 8 nitrogen and oxygen atoms in total. The average Bonchev–Trinajstić information content (AvgIpc) is 2.73. The van der Waals surface area contributed by atoms with Gasteiger partial charge in [-0.2, -0.15) is 5.10 Å². The number of piperidine rings is 1. The summed E-state index contributed by atoms with van der Waals surface area (Å²) in [6.45, 7) is 1.45. The molecule has 0 radical (unpaired) electrons. The smallest absolute Gasteiger partial charge is 0.277 e. The monoisotopic (exact) mass is 450 g/mol. The number of carbonyl (C=O) groups excluding carboxylic acids is 1. The molecule has 1 aliphatic heterocycles. The van der Waals surface area contributed by atoms with Gasteiger partial charge in [0.25, 0.3) is 11.6 Å². The number of nitro benzene ring substituents is 1. The Labute approximate surface area is 183 Å². The van der Waals surface area contributed by atoms with Crippen molar-refractivity contribution >= 4 is 46.7 Å². The Morgan fingerprint density at radius 2 is 1.97 bits per heavy atom. The van der Waals surface area contributed by atoms with E-state index >= 15 is 0 Å². The fraction of sp³-hybridized carbons (Fsp3) is 0.300. The molecule has 1 saturated heterocycles. The van der Waals surface area contributed by atoms with Gasteiger partial charge in [-0.05, 0) is 43.5 Å². The van der Waals surface area contributed by atoms with Gasteiger partial charge < -0.3 is 9.64 Å². The van der Waals surface area contributed by atoms with Gasteiger partial charge in [0.05, 0.1) is 16.2 Å². The number of rotatable bonds is 7. The summed E-state index contributed by atoms with van der Waals surface area (Å²) < 4.78 is 5.35. The number of hydrazone groups is 1. The lowest BCUT2D eigenvalue weighted by Crippen LogP contribution is -2.30. The first-order valence-electron chi connectivity index (χ1n) is 9.37. The third kappa shape index (κ3) is 5.84. The van der Waals surface area contributed by atoms with Gasteiger partial charge >= 0.3 is 0 Å². The van der Waals surface area contributed by atoms with Gasteiger partial charge in [0.1, 0.15) is 5.75 Å². The molecule has 0 bridgehead atoms. The first kappa shape index (κ1) is 21.9. The van der Waals surface area contributed by atoms with Gasteiger partial charge in [0.2, 0.25) is 0 Å².